The number of sulfonamides is 1. The van der Waals surface area contributed by atoms with E-state index in [4.69, 9.17) is 0 Å². The summed E-state index contributed by atoms with van der Waals surface area (Å²) in [6.07, 6.45) is 1.01. The van der Waals surface area contributed by atoms with Crippen molar-refractivity contribution in [3.63, 3.8) is 0 Å². The van der Waals surface area contributed by atoms with Gasteiger partial charge in [0.1, 0.15) is 0 Å². The zero-order valence-corrected chi connectivity index (χ0v) is 15.1. The molecule has 6 nitrogen and oxygen atoms in total. The van der Waals surface area contributed by atoms with Gasteiger partial charge >= 0.3 is 0 Å². The van der Waals surface area contributed by atoms with Crippen molar-refractivity contribution in [2.75, 3.05) is 18.1 Å². The van der Waals surface area contributed by atoms with Crippen molar-refractivity contribution < 1.29 is 13.2 Å². The fourth-order valence-corrected chi connectivity index (χ4v) is 3.29. The summed E-state index contributed by atoms with van der Waals surface area (Å²) < 4.78 is 24.1. The Labute approximate surface area is 140 Å². The van der Waals surface area contributed by atoms with Gasteiger partial charge in [-0.05, 0) is 32.4 Å². The maximum atomic E-state index is 11.8. The predicted octanol–water partition coefficient (Wildman–Crippen LogP) is 2.22. The summed E-state index contributed by atoms with van der Waals surface area (Å²) in [7, 11) is -3.40. The molecule has 1 aromatic carbocycles. The first-order valence-electron chi connectivity index (χ1n) is 6.95. The van der Waals surface area contributed by atoms with Crippen LogP contribution >= 0.6 is 11.3 Å². The summed E-state index contributed by atoms with van der Waals surface area (Å²) in [5.41, 5.74) is 4.12. The first-order valence-corrected chi connectivity index (χ1v) is 9.66. The van der Waals surface area contributed by atoms with Crippen molar-refractivity contribution in [3.8, 4) is 11.3 Å². The molecule has 1 amide bonds. The van der Waals surface area contributed by atoms with Crippen LogP contribution in [0.25, 0.3) is 11.3 Å². The number of carbonyl (C=O) groups excluding carboxylic acids is 1. The lowest BCUT2D eigenvalue weighted by molar-refractivity contribution is -0.115. The van der Waals surface area contributed by atoms with E-state index in [1.165, 1.54) is 11.3 Å². The largest absolute Gasteiger partial charge is 0.301 e. The van der Waals surface area contributed by atoms with Crippen molar-refractivity contribution in [1.29, 1.82) is 0 Å². The fourth-order valence-electron chi connectivity index (χ4n) is 2.05. The molecule has 2 aromatic rings. The van der Waals surface area contributed by atoms with Gasteiger partial charge < -0.3 is 5.32 Å². The van der Waals surface area contributed by atoms with Crippen LogP contribution in [0.5, 0.6) is 0 Å². The second kappa shape index (κ2) is 6.77. The molecule has 0 saturated heterocycles. The van der Waals surface area contributed by atoms with Crippen LogP contribution in [0, 0.1) is 20.8 Å². The Hall–Kier alpha value is -1.77. The van der Waals surface area contributed by atoms with Gasteiger partial charge in [0.15, 0.2) is 5.13 Å². The van der Waals surface area contributed by atoms with Crippen LogP contribution in [0.2, 0.25) is 0 Å². The molecule has 0 aliphatic heterocycles. The molecule has 124 valence electrons. The lowest BCUT2D eigenvalue weighted by atomic mass is 10.0. The van der Waals surface area contributed by atoms with Crippen molar-refractivity contribution in [2.24, 2.45) is 0 Å². The molecule has 2 rings (SSSR count). The second-order valence-corrected chi connectivity index (χ2v) is 8.42. The number of thiazole rings is 1. The maximum absolute atomic E-state index is 11.8. The molecule has 8 heteroatoms. The van der Waals surface area contributed by atoms with Gasteiger partial charge in [-0.25, -0.2) is 18.1 Å². The van der Waals surface area contributed by atoms with Gasteiger partial charge in [-0.1, -0.05) is 17.7 Å². The zero-order valence-electron chi connectivity index (χ0n) is 13.4. The Morgan fingerprint density at radius 1 is 1.26 bits per heavy atom. The molecule has 0 aliphatic rings. The minimum Gasteiger partial charge on any atom is -0.301 e. The Kier molecular flexibility index (Phi) is 5.18. The van der Waals surface area contributed by atoms with Gasteiger partial charge in [-0.2, -0.15) is 0 Å². The molecule has 0 spiro atoms. The highest BCUT2D eigenvalue weighted by Crippen LogP contribution is 2.32. The van der Waals surface area contributed by atoms with Crippen LogP contribution in [0.3, 0.4) is 0 Å². The number of hydrogen-bond donors (Lipinski definition) is 2. The van der Waals surface area contributed by atoms with Crippen LogP contribution in [0.15, 0.2) is 18.2 Å². The van der Waals surface area contributed by atoms with E-state index in [0.717, 1.165) is 33.5 Å². The van der Waals surface area contributed by atoms with Crippen LogP contribution in [0.4, 0.5) is 5.13 Å². The highest BCUT2D eigenvalue weighted by atomic mass is 32.2. The van der Waals surface area contributed by atoms with Gasteiger partial charge in [0.05, 0.1) is 18.5 Å². The van der Waals surface area contributed by atoms with E-state index in [9.17, 15) is 13.2 Å². The van der Waals surface area contributed by atoms with E-state index in [1.54, 1.807) is 0 Å². The van der Waals surface area contributed by atoms with Gasteiger partial charge in [-0.15, -0.1) is 11.3 Å². The third-order valence-electron chi connectivity index (χ3n) is 3.19. The molecule has 0 radical (unpaired) electrons. The van der Waals surface area contributed by atoms with E-state index in [-0.39, 0.29) is 6.54 Å². The molecule has 23 heavy (non-hydrogen) atoms. The van der Waals surface area contributed by atoms with Gasteiger partial charge in [0.25, 0.3) is 0 Å². The molecule has 0 fully saturated rings. The van der Waals surface area contributed by atoms with Gasteiger partial charge in [0.2, 0.25) is 15.9 Å². The number of nitrogens with zero attached hydrogens (tertiary/aromatic N) is 1. The second-order valence-electron chi connectivity index (χ2n) is 5.38. The van der Waals surface area contributed by atoms with Crippen molar-refractivity contribution in [1.82, 2.24) is 9.71 Å². The van der Waals surface area contributed by atoms with Crippen LogP contribution in [-0.4, -0.2) is 32.1 Å². The Morgan fingerprint density at radius 2 is 1.96 bits per heavy atom. The molecule has 0 bridgehead atoms. The highest BCUT2D eigenvalue weighted by molar-refractivity contribution is 7.88. The standard InChI is InChI=1S/C15H19N3O3S2/c1-9-5-6-10(2)12(7-9)14-11(3)22-15(18-14)17-13(19)8-16-23(4,20)21/h5-7,16H,8H2,1-4H3,(H,17,18,19). The van der Waals surface area contributed by atoms with E-state index in [2.05, 4.69) is 21.1 Å². The van der Waals surface area contributed by atoms with Crippen molar-refractivity contribution in [3.05, 3.63) is 34.2 Å². The first-order chi connectivity index (χ1) is 10.7. The summed E-state index contributed by atoms with van der Waals surface area (Å²) in [6.45, 7) is 5.67. The fraction of sp³-hybridized carbons (Fsp3) is 0.333. The van der Waals surface area contributed by atoms with Crippen LogP contribution in [0.1, 0.15) is 16.0 Å². The molecule has 0 saturated carbocycles. The minimum absolute atomic E-state index is 0.309. The van der Waals surface area contributed by atoms with Gasteiger partial charge in [-0.3, -0.25) is 4.79 Å². The van der Waals surface area contributed by atoms with Gasteiger partial charge in [0, 0.05) is 10.4 Å². The number of carbonyl (C=O) groups is 1. The quantitative estimate of drug-likeness (QED) is 0.863. The molecule has 2 N–H and O–H groups in total. The summed E-state index contributed by atoms with van der Waals surface area (Å²) >= 11 is 1.37. The number of hydrogen-bond acceptors (Lipinski definition) is 5. The summed E-state index contributed by atoms with van der Waals surface area (Å²) in [4.78, 5) is 17.2. The van der Waals surface area contributed by atoms with E-state index in [1.807, 2.05) is 32.9 Å². The SMILES string of the molecule is Cc1ccc(C)c(-c2nc(NC(=O)CNS(C)(=O)=O)sc2C)c1. The van der Waals surface area contributed by atoms with E-state index >= 15 is 0 Å². The molecule has 0 atom stereocenters. The van der Waals surface area contributed by atoms with Crippen molar-refractivity contribution in [2.45, 2.75) is 20.8 Å². The number of nitrogens with one attached hydrogen (secondary N) is 2. The average molecular weight is 353 g/mol. The Morgan fingerprint density at radius 3 is 2.61 bits per heavy atom. The summed E-state index contributed by atoms with van der Waals surface area (Å²) in [5, 5.41) is 3.08. The third-order valence-corrected chi connectivity index (χ3v) is 4.74. The van der Waals surface area contributed by atoms with E-state index < -0.39 is 15.9 Å². The third kappa shape index (κ3) is 4.85. The zero-order chi connectivity index (χ0) is 17.2. The Bertz CT molecular complexity index is 842. The van der Waals surface area contributed by atoms with Crippen molar-refractivity contribution >= 4 is 32.4 Å². The minimum atomic E-state index is -3.40. The molecular weight excluding hydrogens is 334 g/mol. The monoisotopic (exact) mass is 353 g/mol. The molecule has 1 heterocycles. The lowest BCUT2D eigenvalue weighted by Gasteiger charge is -2.05. The number of benzene rings is 1. The molecule has 0 unspecified atom stereocenters. The number of rotatable bonds is 5. The Balaban J connectivity index is 2.18. The van der Waals surface area contributed by atoms with E-state index in [0.29, 0.717) is 5.13 Å². The first kappa shape index (κ1) is 17.6. The molecular formula is C15H19N3O3S2. The van der Waals surface area contributed by atoms with Crippen LogP contribution in [-0.2, 0) is 14.8 Å². The smallest absolute Gasteiger partial charge is 0.241 e. The molecule has 1 aromatic heterocycles. The maximum Gasteiger partial charge on any atom is 0.241 e. The summed E-state index contributed by atoms with van der Waals surface area (Å²) in [5.74, 6) is -0.448. The number of aromatic nitrogens is 1. The number of amides is 1. The lowest BCUT2D eigenvalue weighted by Crippen LogP contribution is -2.32. The predicted molar refractivity (Wildman–Crippen MR) is 93.2 cm³/mol. The topological polar surface area (TPSA) is 88.2 Å². The van der Waals surface area contributed by atoms with Crippen LogP contribution < -0.4 is 10.0 Å². The average Bonchev–Trinajstić information content (AvgIpc) is 2.79. The summed E-state index contributed by atoms with van der Waals surface area (Å²) in [6, 6.07) is 6.14. The number of anilines is 1. The molecule has 0 aliphatic carbocycles. The number of aryl methyl sites for hydroxylation is 3. The highest BCUT2D eigenvalue weighted by Gasteiger charge is 2.14. The normalized spacial score (nSPS) is 11.5.